The van der Waals surface area contributed by atoms with Crippen LogP contribution in [0.25, 0.3) is 0 Å². The first-order valence-electron chi connectivity index (χ1n) is 5.18. The van der Waals surface area contributed by atoms with Crippen LogP contribution in [0.1, 0.15) is 12.0 Å². The van der Waals surface area contributed by atoms with Crippen molar-refractivity contribution >= 4 is 33.2 Å². The second-order valence-corrected chi connectivity index (χ2v) is 5.33. The monoisotopic (exact) mass is 298 g/mol. The molecule has 0 aromatic heterocycles. The molecule has 0 radical (unpaired) electrons. The Kier molecular flexibility index (Phi) is 3.15. The summed E-state index contributed by atoms with van der Waals surface area (Å²) in [6.07, 6.45) is 0.468. The van der Waals surface area contributed by atoms with Crippen LogP contribution in [0.5, 0.6) is 0 Å². The Labute approximate surface area is 107 Å². The number of anilines is 1. The number of nitrogens with zero attached hydrogens (tertiary/aromatic N) is 2. The summed E-state index contributed by atoms with van der Waals surface area (Å²) >= 11 is 3.40. The van der Waals surface area contributed by atoms with Gasteiger partial charge in [-0.15, -0.1) is 0 Å². The fraction of sp³-hybridized carbons (Fsp3) is 0.364. The topological polar surface area (TPSA) is 63.5 Å². The van der Waals surface area contributed by atoms with Crippen LogP contribution in [-0.2, 0) is 4.79 Å². The molecule has 0 spiro atoms. The summed E-state index contributed by atoms with van der Waals surface area (Å²) in [4.78, 5) is 23.8. The lowest BCUT2D eigenvalue weighted by Gasteiger charge is -2.16. The van der Waals surface area contributed by atoms with Gasteiger partial charge in [0.05, 0.1) is 4.92 Å². The van der Waals surface area contributed by atoms with E-state index in [1.54, 1.807) is 24.0 Å². The number of amides is 1. The van der Waals surface area contributed by atoms with Crippen molar-refractivity contribution in [1.82, 2.24) is 0 Å². The number of carbonyl (C=O) groups is 1. The average Bonchev–Trinajstić information content (AvgIpc) is 2.57. The molecule has 1 fully saturated rings. The Morgan fingerprint density at radius 1 is 1.53 bits per heavy atom. The van der Waals surface area contributed by atoms with Gasteiger partial charge in [-0.3, -0.25) is 14.9 Å². The summed E-state index contributed by atoms with van der Waals surface area (Å²) in [5.74, 6) is 0.0418. The highest BCUT2D eigenvalue weighted by atomic mass is 79.9. The number of aryl methyl sites for hydroxylation is 1. The average molecular weight is 299 g/mol. The number of carbonyl (C=O) groups excluding carboxylic acids is 1. The molecule has 0 saturated carbocycles. The first-order valence-corrected chi connectivity index (χ1v) is 6.10. The molecular weight excluding hydrogens is 288 g/mol. The third kappa shape index (κ3) is 2.31. The second kappa shape index (κ2) is 4.44. The number of hydrogen-bond donors (Lipinski definition) is 0. The van der Waals surface area contributed by atoms with Gasteiger partial charge in [-0.25, -0.2) is 0 Å². The van der Waals surface area contributed by atoms with Crippen molar-refractivity contribution in [2.45, 2.75) is 18.2 Å². The van der Waals surface area contributed by atoms with E-state index in [-0.39, 0.29) is 16.4 Å². The fourth-order valence-electron chi connectivity index (χ4n) is 1.93. The molecule has 0 N–H and O–H groups in total. The quantitative estimate of drug-likeness (QED) is 0.478. The van der Waals surface area contributed by atoms with E-state index in [2.05, 4.69) is 15.9 Å². The Morgan fingerprint density at radius 2 is 2.24 bits per heavy atom. The molecule has 90 valence electrons. The van der Waals surface area contributed by atoms with E-state index < -0.39 is 4.92 Å². The molecule has 1 unspecified atom stereocenters. The van der Waals surface area contributed by atoms with Gasteiger partial charge >= 0.3 is 0 Å². The number of hydrogen-bond acceptors (Lipinski definition) is 3. The number of nitro groups is 1. The maximum absolute atomic E-state index is 11.7. The number of rotatable bonds is 2. The van der Waals surface area contributed by atoms with Crippen LogP contribution in [0.2, 0.25) is 0 Å². The van der Waals surface area contributed by atoms with Gasteiger partial charge in [0, 0.05) is 35.1 Å². The van der Waals surface area contributed by atoms with Crippen molar-refractivity contribution in [2.24, 2.45) is 0 Å². The van der Waals surface area contributed by atoms with E-state index in [0.717, 1.165) is 5.69 Å². The zero-order valence-electron chi connectivity index (χ0n) is 9.22. The summed E-state index contributed by atoms with van der Waals surface area (Å²) in [6, 6.07) is 4.74. The zero-order valence-corrected chi connectivity index (χ0v) is 10.8. The molecule has 17 heavy (non-hydrogen) atoms. The van der Waals surface area contributed by atoms with Crippen LogP contribution in [0.15, 0.2) is 18.2 Å². The number of nitro benzene ring substituents is 1. The molecule has 1 heterocycles. The molecule has 5 nitrogen and oxygen atoms in total. The van der Waals surface area contributed by atoms with Gasteiger partial charge in [0.25, 0.3) is 5.69 Å². The third-order valence-corrected chi connectivity index (χ3v) is 3.38. The van der Waals surface area contributed by atoms with Crippen LogP contribution in [0, 0.1) is 17.0 Å². The normalized spacial score (nSPS) is 19.8. The highest BCUT2D eigenvalue weighted by molar-refractivity contribution is 9.09. The Hall–Kier alpha value is -1.43. The lowest BCUT2D eigenvalue weighted by atomic mass is 10.1. The Morgan fingerprint density at radius 3 is 2.71 bits per heavy atom. The van der Waals surface area contributed by atoms with Crippen LogP contribution in [-0.4, -0.2) is 22.2 Å². The van der Waals surface area contributed by atoms with E-state index in [1.807, 2.05) is 0 Å². The molecule has 1 aliphatic rings. The lowest BCUT2D eigenvalue weighted by Crippen LogP contribution is -2.24. The first kappa shape index (κ1) is 12.0. The summed E-state index contributed by atoms with van der Waals surface area (Å²) in [5.41, 5.74) is 1.37. The molecule has 0 aliphatic carbocycles. The molecule has 1 aromatic rings. The molecule has 1 aromatic carbocycles. The molecule has 0 bridgehead atoms. The minimum absolute atomic E-state index is 0.0418. The van der Waals surface area contributed by atoms with Crippen LogP contribution in [0.4, 0.5) is 11.4 Å². The summed E-state index contributed by atoms with van der Waals surface area (Å²) < 4.78 is 0. The largest absolute Gasteiger partial charge is 0.311 e. The van der Waals surface area contributed by atoms with Crippen LogP contribution < -0.4 is 4.90 Å². The van der Waals surface area contributed by atoms with Crippen molar-refractivity contribution < 1.29 is 9.72 Å². The maximum atomic E-state index is 11.7. The van der Waals surface area contributed by atoms with E-state index in [4.69, 9.17) is 0 Å². The van der Waals surface area contributed by atoms with Gasteiger partial charge in [0.15, 0.2) is 0 Å². The van der Waals surface area contributed by atoms with Gasteiger partial charge in [-0.1, -0.05) is 15.9 Å². The number of benzene rings is 1. The predicted octanol–water partition coefficient (Wildman–Crippen LogP) is 2.40. The Balaban J connectivity index is 2.32. The zero-order chi connectivity index (χ0) is 12.6. The minimum Gasteiger partial charge on any atom is -0.311 e. The van der Waals surface area contributed by atoms with E-state index in [1.165, 1.54) is 6.07 Å². The lowest BCUT2D eigenvalue weighted by molar-refractivity contribution is -0.385. The van der Waals surface area contributed by atoms with Gasteiger partial charge in [-0.2, -0.15) is 0 Å². The van der Waals surface area contributed by atoms with Crippen molar-refractivity contribution in [1.29, 1.82) is 0 Å². The highest BCUT2D eigenvalue weighted by Gasteiger charge is 2.29. The highest BCUT2D eigenvalue weighted by Crippen LogP contribution is 2.29. The van der Waals surface area contributed by atoms with Crippen molar-refractivity contribution in [3.05, 3.63) is 33.9 Å². The summed E-state index contributed by atoms with van der Waals surface area (Å²) in [7, 11) is 0. The van der Waals surface area contributed by atoms with Crippen molar-refractivity contribution in [3.8, 4) is 0 Å². The first-order chi connectivity index (χ1) is 7.99. The van der Waals surface area contributed by atoms with Crippen molar-refractivity contribution in [3.63, 3.8) is 0 Å². The summed E-state index contributed by atoms with van der Waals surface area (Å²) in [5, 5.41) is 10.7. The number of halogens is 1. The molecule has 1 amide bonds. The Bertz CT molecular complexity index is 490. The van der Waals surface area contributed by atoms with Crippen LogP contribution >= 0.6 is 15.9 Å². The smallest absolute Gasteiger partial charge is 0.272 e. The van der Waals surface area contributed by atoms with Crippen LogP contribution in [0.3, 0.4) is 0 Å². The van der Waals surface area contributed by atoms with E-state index >= 15 is 0 Å². The minimum atomic E-state index is -0.418. The van der Waals surface area contributed by atoms with Gasteiger partial charge in [0.1, 0.15) is 0 Å². The van der Waals surface area contributed by atoms with Gasteiger partial charge in [0.2, 0.25) is 5.91 Å². The molecule has 1 atom stereocenters. The van der Waals surface area contributed by atoms with Gasteiger partial charge < -0.3 is 4.90 Å². The van der Waals surface area contributed by atoms with E-state index in [0.29, 0.717) is 18.5 Å². The maximum Gasteiger partial charge on any atom is 0.272 e. The molecule has 2 rings (SSSR count). The summed E-state index contributed by atoms with van der Waals surface area (Å²) in [6.45, 7) is 2.28. The molecular formula is C11H11BrN2O3. The fourth-order valence-corrected chi connectivity index (χ4v) is 2.49. The van der Waals surface area contributed by atoms with Crippen molar-refractivity contribution in [2.75, 3.05) is 11.4 Å². The molecule has 1 saturated heterocycles. The molecule has 1 aliphatic heterocycles. The second-order valence-electron chi connectivity index (χ2n) is 4.03. The van der Waals surface area contributed by atoms with E-state index in [9.17, 15) is 14.9 Å². The predicted molar refractivity (Wildman–Crippen MR) is 67.5 cm³/mol. The molecule has 6 heteroatoms. The SMILES string of the molecule is Cc1cc(N2CC(Br)CC2=O)ccc1[N+](=O)[O-]. The third-order valence-electron chi connectivity index (χ3n) is 2.77. The number of alkyl halides is 1. The standard InChI is InChI=1S/C11H11BrN2O3/c1-7-4-9(2-3-10(7)14(16)17)13-6-8(12)5-11(13)15/h2-4,8H,5-6H2,1H3. The van der Waals surface area contributed by atoms with Gasteiger partial charge in [-0.05, 0) is 19.1 Å².